The number of aldehydes is 1. The Morgan fingerprint density at radius 1 is 1.21 bits per heavy atom. The number of benzene rings is 1. The van der Waals surface area contributed by atoms with E-state index in [1.807, 2.05) is 23.1 Å². The van der Waals surface area contributed by atoms with E-state index in [1.54, 1.807) is 12.1 Å². The molecule has 1 aromatic rings. The molecule has 0 aromatic heterocycles. The van der Waals surface area contributed by atoms with Gasteiger partial charge in [0.2, 0.25) is 0 Å². The SMILES string of the molecule is O=CCC(C(=O)O)(c1ccccc1)N1CCCCC1. The number of carbonyl (C=O) groups is 2. The van der Waals surface area contributed by atoms with Gasteiger partial charge in [-0.3, -0.25) is 4.90 Å². The van der Waals surface area contributed by atoms with Crippen molar-refractivity contribution in [3.8, 4) is 0 Å². The number of carboxylic acid groups (broad SMARTS) is 1. The highest BCUT2D eigenvalue weighted by molar-refractivity contribution is 5.84. The molecule has 0 radical (unpaired) electrons. The average Bonchev–Trinajstić information content (AvgIpc) is 2.46. The van der Waals surface area contributed by atoms with Crippen LogP contribution in [0.4, 0.5) is 0 Å². The lowest BCUT2D eigenvalue weighted by Gasteiger charge is -2.42. The molecule has 2 rings (SSSR count). The number of hydrogen-bond donors (Lipinski definition) is 1. The summed E-state index contributed by atoms with van der Waals surface area (Å²) in [6, 6.07) is 9.09. The van der Waals surface area contributed by atoms with E-state index < -0.39 is 11.5 Å². The van der Waals surface area contributed by atoms with Gasteiger partial charge in [-0.2, -0.15) is 0 Å². The molecule has 1 atom stereocenters. The van der Waals surface area contributed by atoms with Crippen LogP contribution in [0, 0.1) is 0 Å². The Bertz CT molecular complexity index is 440. The standard InChI is InChI=1S/C15H19NO3/c17-12-9-15(14(18)19,13-7-3-1-4-8-13)16-10-5-2-6-11-16/h1,3-4,7-8,12H,2,5-6,9-11H2,(H,18,19). The van der Waals surface area contributed by atoms with Gasteiger partial charge in [-0.1, -0.05) is 36.8 Å². The Morgan fingerprint density at radius 2 is 1.84 bits per heavy atom. The second-order valence-electron chi connectivity index (χ2n) is 4.95. The van der Waals surface area contributed by atoms with Crippen molar-refractivity contribution < 1.29 is 14.7 Å². The monoisotopic (exact) mass is 261 g/mol. The third-order valence-electron chi connectivity index (χ3n) is 3.88. The number of rotatable bonds is 5. The summed E-state index contributed by atoms with van der Waals surface area (Å²) in [7, 11) is 0. The van der Waals surface area contributed by atoms with Gasteiger partial charge in [-0.25, -0.2) is 4.79 Å². The molecule has 1 aliphatic heterocycles. The van der Waals surface area contributed by atoms with Gasteiger partial charge < -0.3 is 9.90 Å². The molecule has 0 aliphatic carbocycles. The molecule has 0 bridgehead atoms. The molecule has 1 saturated heterocycles. The second-order valence-corrected chi connectivity index (χ2v) is 4.95. The summed E-state index contributed by atoms with van der Waals surface area (Å²) in [5, 5.41) is 9.76. The first kappa shape index (κ1) is 13.7. The zero-order valence-electron chi connectivity index (χ0n) is 10.9. The molecule has 4 nitrogen and oxygen atoms in total. The van der Waals surface area contributed by atoms with Gasteiger partial charge in [0.1, 0.15) is 6.29 Å². The van der Waals surface area contributed by atoms with Gasteiger partial charge in [0.05, 0.1) is 0 Å². The van der Waals surface area contributed by atoms with Crippen molar-refractivity contribution in [3.05, 3.63) is 35.9 Å². The smallest absolute Gasteiger partial charge is 0.329 e. The third kappa shape index (κ3) is 2.54. The molecule has 1 unspecified atom stereocenters. The van der Waals surface area contributed by atoms with Crippen molar-refractivity contribution in [1.82, 2.24) is 4.90 Å². The Hall–Kier alpha value is -1.68. The fourth-order valence-electron chi connectivity index (χ4n) is 2.89. The Morgan fingerprint density at radius 3 is 2.37 bits per heavy atom. The summed E-state index contributed by atoms with van der Waals surface area (Å²) in [5.74, 6) is -0.937. The molecule has 0 amide bonds. The first-order valence-corrected chi connectivity index (χ1v) is 6.69. The molecular weight excluding hydrogens is 242 g/mol. The summed E-state index contributed by atoms with van der Waals surface area (Å²) in [5.41, 5.74) is -0.514. The van der Waals surface area contributed by atoms with Crippen molar-refractivity contribution in [2.75, 3.05) is 13.1 Å². The van der Waals surface area contributed by atoms with E-state index in [0.29, 0.717) is 5.56 Å². The number of hydrogen-bond acceptors (Lipinski definition) is 3. The van der Waals surface area contributed by atoms with Gasteiger partial charge in [-0.05, 0) is 31.5 Å². The van der Waals surface area contributed by atoms with Crippen LogP contribution >= 0.6 is 0 Å². The number of aliphatic carboxylic acids is 1. The molecular formula is C15H19NO3. The van der Waals surface area contributed by atoms with Crippen LogP contribution in [0.25, 0.3) is 0 Å². The van der Waals surface area contributed by atoms with E-state index in [1.165, 1.54) is 0 Å². The Labute approximate surface area is 113 Å². The predicted molar refractivity (Wildman–Crippen MR) is 71.9 cm³/mol. The van der Waals surface area contributed by atoms with E-state index in [2.05, 4.69) is 0 Å². The topological polar surface area (TPSA) is 57.6 Å². The minimum Gasteiger partial charge on any atom is -0.480 e. The summed E-state index contributed by atoms with van der Waals surface area (Å²) in [6.07, 6.45) is 3.81. The maximum atomic E-state index is 11.9. The highest BCUT2D eigenvalue weighted by Gasteiger charge is 2.45. The molecule has 1 N–H and O–H groups in total. The zero-order valence-corrected chi connectivity index (χ0v) is 10.9. The molecule has 19 heavy (non-hydrogen) atoms. The zero-order chi connectivity index (χ0) is 13.7. The molecule has 1 heterocycles. The molecule has 1 aromatic carbocycles. The van der Waals surface area contributed by atoms with E-state index in [9.17, 15) is 14.7 Å². The Kier molecular flexibility index (Phi) is 4.32. The van der Waals surface area contributed by atoms with Gasteiger partial charge in [0.15, 0.2) is 5.54 Å². The maximum absolute atomic E-state index is 11.9. The van der Waals surface area contributed by atoms with Crippen LogP contribution < -0.4 is 0 Å². The molecule has 4 heteroatoms. The van der Waals surface area contributed by atoms with Crippen LogP contribution in [0.15, 0.2) is 30.3 Å². The van der Waals surface area contributed by atoms with Gasteiger partial charge >= 0.3 is 5.97 Å². The molecule has 0 saturated carbocycles. The quantitative estimate of drug-likeness (QED) is 0.824. The van der Waals surface area contributed by atoms with Crippen LogP contribution in [0.3, 0.4) is 0 Å². The lowest BCUT2D eigenvalue weighted by molar-refractivity contribution is -0.155. The highest BCUT2D eigenvalue weighted by Crippen LogP contribution is 2.34. The number of piperidine rings is 1. The average molecular weight is 261 g/mol. The number of likely N-dealkylation sites (tertiary alicyclic amines) is 1. The summed E-state index contributed by atoms with van der Waals surface area (Å²) < 4.78 is 0. The largest absolute Gasteiger partial charge is 0.480 e. The van der Waals surface area contributed by atoms with E-state index in [-0.39, 0.29) is 6.42 Å². The lowest BCUT2D eigenvalue weighted by Crippen LogP contribution is -2.54. The predicted octanol–water partition coefficient (Wildman–Crippen LogP) is 2.04. The van der Waals surface area contributed by atoms with E-state index in [4.69, 9.17) is 0 Å². The molecule has 1 fully saturated rings. The summed E-state index contributed by atoms with van der Waals surface area (Å²) >= 11 is 0. The van der Waals surface area contributed by atoms with Crippen LogP contribution in [-0.2, 0) is 15.1 Å². The third-order valence-corrected chi connectivity index (χ3v) is 3.88. The van der Waals surface area contributed by atoms with Crippen LogP contribution in [0.1, 0.15) is 31.2 Å². The van der Waals surface area contributed by atoms with E-state index >= 15 is 0 Å². The van der Waals surface area contributed by atoms with Crippen molar-refractivity contribution in [2.24, 2.45) is 0 Å². The number of carboxylic acids is 1. The second kappa shape index (κ2) is 5.97. The number of nitrogens with zero attached hydrogens (tertiary/aromatic N) is 1. The number of carbonyl (C=O) groups excluding carboxylic acids is 1. The minimum atomic E-state index is -1.20. The molecule has 1 aliphatic rings. The van der Waals surface area contributed by atoms with Crippen LogP contribution in [0.2, 0.25) is 0 Å². The minimum absolute atomic E-state index is 0.00759. The summed E-state index contributed by atoms with van der Waals surface area (Å²) in [4.78, 5) is 24.9. The lowest BCUT2D eigenvalue weighted by atomic mass is 9.83. The normalized spacial score (nSPS) is 19.6. The van der Waals surface area contributed by atoms with Crippen molar-refractivity contribution >= 4 is 12.3 Å². The summed E-state index contributed by atoms with van der Waals surface area (Å²) in [6.45, 7) is 1.46. The van der Waals surface area contributed by atoms with Gasteiger partial charge in [-0.15, -0.1) is 0 Å². The molecule has 102 valence electrons. The van der Waals surface area contributed by atoms with Crippen LogP contribution in [0.5, 0.6) is 0 Å². The van der Waals surface area contributed by atoms with Crippen molar-refractivity contribution in [3.63, 3.8) is 0 Å². The fourth-order valence-corrected chi connectivity index (χ4v) is 2.89. The van der Waals surface area contributed by atoms with Crippen molar-refractivity contribution in [2.45, 2.75) is 31.2 Å². The highest BCUT2D eigenvalue weighted by atomic mass is 16.4. The Balaban J connectivity index is 2.46. The maximum Gasteiger partial charge on any atom is 0.329 e. The first-order valence-electron chi connectivity index (χ1n) is 6.69. The van der Waals surface area contributed by atoms with Crippen LogP contribution in [-0.4, -0.2) is 35.4 Å². The van der Waals surface area contributed by atoms with Gasteiger partial charge in [0, 0.05) is 6.42 Å². The van der Waals surface area contributed by atoms with E-state index in [0.717, 1.165) is 38.6 Å². The first-order chi connectivity index (χ1) is 9.21. The molecule has 0 spiro atoms. The van der Waals surface area contributed by atoms with Gasteiger partial charge in [0.25, 0.3) is 0 Å². The fraction of sp³-hybridized carbons (Fsp3) is 0.467. The van der Waals surface area contributed by atoms with Crippen molar-refractivity contribution in [1.29, 1.82) is 0 Å².